The van der Waals surface area contributed by atoms with Gasteiger partial charge < -0.3 is 5.32 Å². The van der Waals surface area contributed by atoms with Crippen molar-refractivity contribution in [2.24, 2.45) is 12.5 Å². The lowest BCUT2D eigenvalue weighted by Gasteiger charge is -2.29. The van der Waals surface area contributed by atoms with Crippen molar-refractivity contribution in [2.75, 3.05) is 6.54 Å². The van der Waals surface area contributed by atoms with Crippen LogP contribution in [0.5, 0.6) is 0 Å². The SMILES string of the molecule is Cn1nc(C(=O)NCC2(Cc3ccc(F)cc3F)CCCC2)[nH]c1=O. The molecule has 134 valence electrons. The molecule has 0 spiro atoms. The monoisotopic (exact) mass is 350 g/mol. The number of aryl methyl sites for hydroxylation is 1. The average Bonchev–Trinajstić information content (AvgIpc) is 3.16. The summed E-state index contributed by atoms with van der Waals surface area (Å²) in [7, 11) is 1.45. The van der Waals surface area contributed by atoms with Crippen LogP contribution in [0.15, 0.2) is 23.0 Å². The highest BCUT2D eigenvalue weighted by atomic mass is 19.1. The van der Waals surface area contributed by atoms with Crippen molar-refractivity contribution < 1.29 is 13.6 Å². The number of aromatic amines is 1. The van der Waals surface area contributed by atoms with Gasteiger partial charge in [-0.3, -0.25) is 9.78 Å². The molecule has 0 atom stereocenters. The topological polar surface area (TPSA) is 79.8 Å². The van der Waals surface area contributed by atoms with E-state index in [-0.39, 0.29) is 11.2 Å². The first-order chi connectivity index (χ1) is 11.9. The third-order valence-corrected chi connectivity index (χ3v) is 4.85. The predicted molar refractivity (Wildman–Crippen MR) is 87.1 cm³/mol. The molecule has 1 aromatic heterocycles. The van der Waals surface area contributed by atoms with Gasteiger partial charge in [0.2, 0.25) is 5.82 Å². The minimum absolute atomic E-state index is 0.0476. The molecule has 6 nitrogen and oxygen atoms in total. The van der Waals surface area contributed by atoms with Crippen molar-refractivity contribution in [3.05, 3.63) is 51.7 Å². The van der Waals surface area contributed by atoms with Crippen molar-refractivity contribution in [1.82, 2.24) is 20.1 Å². The number of carbonyl (C=O) groups excluding carboxylic acids is 1. The first kappa shape index (κ1) is 17.3. The maximum Gasteiger partial charge on any atom is 0.343 e. The fourth-order valence-corrected chi connectivity index (χ4v) is 3.47. The summed E-state index contributed by atoms with van der Waals surface area (Å²) in [4.78, 5) is 25.9. The quantitative estimate of drug-likeness (QED) is 0.865. The molecular formula is C17H20F2N4O2. The molecule has 0 radical (unpaired) electrons. The van der Waals surface area contributed by atoms with E-state index in [9.17, 15) is 18.4 Å². The molecule has 1 amide bonds. The molecule has 2 aromatic rings. The number of amides is 1. The summed E-state index contributed by atoms with van der Waals surface area (Å²) in [6.45, 7) is 0.348. The van der Waals surface area contributed by atoms with Gasteiger partial charge in [0, 0.05) is 19.7 Å². The minimum atomic E-state index is -0.603. The van der Waals surface area contributed by atoms with E-state index in [1.54, 1.807) is 0 Å². The maximum atomic E-state index is 14.0. The van der Waals surface area contributed by atoms with Gasteiger partial charge in [-0.15, -0.1) is 5.10 Å². The summed E-state index contributed by atoms with van der Waals surface area (Å²) in [6.07, 6.45) is 4.13. The Labute approximate surface area is 143 Å². The van der Waals surface area contributed by atoms with Crippen LogP contribution in [0.2, 0.25) is 0 Å². The van der Waals surface area contributed by atoms with E-state index in [1.807, 2.05) is 0 Å². The molecule has 1 saturated carbocycles. The molecule has 1 heterocycles. The van der Waals surface area contributed by atoms with Gasteiger partial charge in [0.05, 0.1) is 0 Å². The summed E-state index contributed by atoms with van der Waals surface area (Å²) >= 11 is 0. The Hall–Kier alpha value is -2.51. The number of nitrogens with zero attached hydrogens (tertiary/aromatic N) is 2. The Morgan fingerprint density at radius 2 is 2.08 bits per heavy atom. The largest absolute Gasteiger partial charge is 0.349 e. The van der Waals surface area contributed by atoms with Gasteiger partial charge in [-0.1, -0.05) is 18.9 Å². The van der Waals surface area contributed by atoms with Crippen LogP contribution >= 0.6 is 0 Å². The number of benzene rings is 1. The number of nitrogens with one attached hydrogen (secondary N) is 2. The number of hydrogen-bond acceptors (Lipinski definition) is 3. The van der Waals surface area contributed by atoms with Crippen LogP contribution in [-0.2, 0) is 13.5 Å². The Morgan fingerprint density at radius 1 is 1.36 bits per heavy atom. The van der Waals surface area contributed by atoms with E-state index in [1.165, 1.54) is 19.2 Å². The van der Waals surface area contributed by atoms with E-state index in [0.29, 0.717) is 18.5 Å². The summed E-state index contributed by atoms with van der Waals surface area (Å²) in [5.74, 6) is -1.68. The molecular weight excluding hydrogens is 330 g/mol. The minimum Gasteiger partial charge on any atom is -0.349 e. The second-order valence-corrected chi connectivity index (χ2v) is 6.70. The van der Waals surface area contributed by atoms with Crippen molar-refractivity contribution in [2.45, 2.75) is 32.1 Å². The molecule has 1 aromatic carbocycles. The van der Waals surface area contributed by atoms with Crippen LogP contribution in [0.25, 0.3) is 0 Å². The zero-order valence-corrected chi connectivity index (χ0v) is 13.9. The van der Waals surface area contributed by atoms with E-state index in [4.69, 9.17) is 0 Å². The molecule has 1 aliphatic rings. The number of hydrogen-bond donors (Lipinski definition) is 2. The summed E-state index contributed by atoms with van der Waals surface area (Å²) in [5, 5.41) is 6.61. The number of H-pyrrole nitrogens is 1. The second kappa shape index (κ2) is 6.78. The van der Waals surface area contributed by atoms with Crippen LogP contribution in [0.1, 0.15) is 41.9 Å². The van der Waals surface area contributed by atoms with E-state index in [2.05, 4.69) is 15.4 Å². The Bertz CT molecular complexity index is 837. The van der Waals surface area contributed by atoms with Gasteiger partial charge >= 0.3 is 5.69 Å². The van der Waals surface area contributed by atoms with E-state index < -0.39 is 23.2 Å². The van der Waals surface area contributed by atoms with Gasteiger partial charge in [-0.2, -0.15) is 0 Å². The van der Waals surface area contributed by atoms with Gasteiger partial charge in [-0.25, -0.2) is 18.3 Å². The third kappa shape index (κ3) is 3.78. The molecule has 1 fully saturated rings. The van der Waals surface area contributed by atoms with Crippen molar-refractivity contribution >= 4 is 5.91 Å². The molecule has 25 heavy (non-hydrogen) atoms. The first-order valence-electron chi connectivity index (χ1n) is 8.24. The van der Waals surface area contributed by atoms with Gasteiger partial charge in [0.15, 0.2) is 0 Å². The van der Waals surface area contributed by atoms with Crippen molar-refractivity contribution in [3.63, 3.8) is 0 Å². The molecule has 1 aliphatic carbocycles. The molecule has 0 bridgehead atoms. The standard InChI is InChI=1S/C17H20F2N4O2/c1-23-16(25)21-14(22-23)15(24)20-10-17(6-2-3-7-17)9-11-4-5-12(18)8-13(11)19/h4-5,8H,2-3,6-7,9-10H2,1H3,(H,20,24)(H,21,22,25). The predicted octanol–water partition coefficient (Wildman–Crippen LogP) is 1.92. The van der Waals surface area contributed by atoms with Crippen molar-refractivity contribution in [1.29, 1.82) is 0 Å². The molecule has 2 N–H and O–H groups in total. The van der Waals surface area contributed by atoms with E-state index >= 15 is 0 Å². The average molecular weight is 350 g/mol. The maximum absolute atomic E-state index is 14.0. The Balaban J connectivity index is 1.72. The number of halogens is 2. The number of carbonyl (C=O) groups is 1. The summed E-state index contributed by atoms with van der Waals surface area (Å²) in [5.41, 5.74) is -0.290. The number of aromatic nitrogens is 3. The smallest absolute Gasteiger partial charge is 0.343 e. The highest BCUT2D eigenvalue weighted by Gasteiger charge is 2.35. The third-order valence-electron chi connectivity index (χ3n) is 4.85. The fourth-order valence-electron chi connectivity index (χ4n) is 3.47. The normalized spacial score (nSPS) is 16.1. The highest BCUT2D eigenvalue weighted by Crippen LogP contribution is 2.41. The first-order valence-corrected chi connectivity index (χ1v) is 8.24. The Kier molecular flexibility index (Phi) is 4.69. The molecule has 8 heteroatoms. The van der Waals surface area contributed by atoms with Crippen LogP contribution < -0.4 is 11.0 Å². The Morgan fingerprint density at radius 3 is 2.68 bits per heavy atom. The van der Waals surface area contributed by atoms with Crippen LogP contribution in [0.3, 0.4) is 0 Å². The lowest BCUT2D eigenvalue weighted by molar-refractivity contribution is 0.0919. The van der Waals surface area contributed by atoms with Crippen LogP contribution in [-0.4, -0.2) is 27.2 Å². The van der Waals surface area contributed by atoms with Gasteiger partial charge in [-0.05, 0) is 36.3 Å². The molecule has 3 rings (SSSR count). The number of rotatable bonds is 5. The van der Waals surface area contributed by atoms with Gasteiger partial charge in [0.25, 0.3) is 5.91 Å². The van der Waals surface area contributed by atoms with Gasteiger partial charge in [0.1, 0.15) is 11.6 Å². The molecule has 0 aliphatic heterocycles. The van der Waals surface area contributed by atoms with E-state index in [0.717, 1.165) is 36.4 Å². The summed E-state index contributed by atoms with van der Waals surface area (Å²) < 4.78 is 28.2. The fraction of sp³-hybridized carbons (Fsp3) is 0.471. The summed E-state index contributed by atoms with van der Waals surface area (Å²) in [6, 6.07) is 3.59. The lowest BCUT2D eigenvalue weighted by Crippen LogP contribution is -2.38. The zero-order chi connectivity index (χ0) is 18.0. The molecule has 0 saturated heterocycles. The highest BCUT2D eigenvalue weighted by molar-refractivity contribution is 5.90. The van der Waals surface area contributed by atoms with Crippen LogP contribution in [0, 0.1) is 17.0 Å². The lowest BCUT2D eigenvalue weighted by atomic mass is 9.79. The molecule has 0 unspecified atom stereocenters. The van der Waals surface area contributed by atoms with Crippen molar-refractivity contribution in [3.8, 4) is 0 Å². The zero-order valence-electron chi connectivity index (χ0n) is 13.9. The second-order valence-electron chi connectivity index (χ2n) is 6.70. The van der Waals surface area contributed by atoms with Crippen LogP contribution in [0.4, 0.5) is 8.78 Å².